The van der Waals surface area contributed by atoms with E-state index in [9.17, 15) is 0 Å². The van der Waals surface area contributed by atoms with Crippen LogP contribution in [-0.2, 0) is 0 Å². The van der Waals surface area contributed by atoms with E-state index in [1.165, 1.54) is 17.1 Å². The number of rotatable bonds is 6. The summed E-state index contributed by atoms with van der Waals surface area (Å²) in [5.41, 5.74) is 1.59. The Morgan fingerprint density at radius 2 is 1.89 bits per heavy atom. The zero-order valence-corrected chi connectivity index (χ0v) is 13.5. The van der Waals surface area contributed by atoms with Gasteiger partial charge in [0.25, 0.3) is 0 Å². The summed E-state index contributed by atoms with van der Waals surface area (Å²) >= 11 is 2.03. The third-order valence-electron chi connectivity index (χ3n) is 4.27. The molecule has 0 aliphatic carbocycles. The highest BCUT2D eigenvalue weighted by molar-refractivity contribution is 7.99. The molecule has 1 aromatic carbocycles. The highest BCUT2D eigenvalue weighted by Crippen LogP contribution is 2.43. The average Bonchev–Trinajstić information content (AvgIpc) is 2.79. The van der Waals surface area contributed by atoms with Crippen LogP contribution in [0.5, 0.6) is 0 Å². The molecular weight excluding hydrogens is 250 g/mol. The first kappa shape index (κ1) is 14.9. The van der Waals surface area contributed by atoms with Gasteiger partial charge in [-0.05, 0) is 42.3 Å². The molecule has 0 fully saturated rings. The lowest BCUT2D eigenvalue weighted by Gasteiger charge is -2.24. The van der Waals surface area contributed by atoms with E-state index in [2.05, 4.69) is 57.3 Å². The Bertz CT molecular complexity index is 402. The van der Waals surface area contributed by atoms with Crippen LogP contribution in [0.4, 0.5) is 0 Å². The van der Waals surface area contributed by atoms with Crippen molar-refractivity contribution in [2.45, 2.75) is 51.0 Å². The molecule has 1 aliphatic heterocycles. The standard InChI is InChI=1S/C17H27NS/c1-12(2)18-10-14(4)13(3)9-15-11-19-17-8-6-5-7-16(15)17/h5-8,12-15,18H,9-11H2,1-4H3. The molecule has 0 aromatic heterocycles. The van der Waals surface area contributed by atoms with Gasteiger partial charge >= 0.3 is 0 Å². The van der Waals surface area contributed by atoms with Crippen molar-refractivity contribution in [2.24, 2.45) is 11.8 Å². The lowest BCUT2D eigenvalue weighted by Crippen LogP contribution is -2.30. The number of nitrogens with one attached hydrogen (secondary N) is 1. The molecule has 0 saturated carbocycles. The summed E-state index contributed by atoms with van der Waals surface area (Å²) in [6.07, 6.45) is 1.32. The van der Waals surface area contributed by atoms with Crippen LogP contribution in [0.2, 0.25) is 0 Å². The van der Waals surface area contributed by atoms with Crippen molar-refractivity contribution in [3.63, 3.8) is 0 Å². The molecule has 0 amide bonds. The molecule has 0 spiro atoms. The second kappa shape index (κ2) is 6.81. The number of benzene rings is 1. The number of hydrogen-bond donors (Lipinski definition) is 1. The van der Waals surface area contributed by atoms with E-state index < -0.39 is 0 Å². The summed E-state index contributed by atoms with van der Waals surface area (Å²) in [5, 5.41) is 3.56. The number of hydrogen-bond acceptors (Lipinski definition) is 2. The number of thioether (sulfide) groups is 1. The maximum absolute atomic E-state index is 3.56. The van der Waals surface area contributed by atoms with E-state index in [4.69, 9.17) is 0 Å². The fraction of sp³-hybridized carbons (Fsp3) is 0.647. The van der Waals surface area contributed by atoms with E-state index >= 15 is 0 Å². The number of fused-ring (bicyclic) bond motifs is 1. The molecule has 0 bridgehead atoms. The van der Waals surface area contributed by atoms with Crippen LogP contribution >= 0.6 is 11.8 Å². The van der Waals surface area contributed by atoms with Crippen LogP contribution in [0.3, 0.4) is 0 Å². The van der Waals surface area contributed by atoms with Crippen LogP contribution < -0.4 is 5.32 Å². The quantitative estimate of drug-likeness (QED) is 0.819. The Morgan fingerprint density at radius 1 is 1.16 bits per heavy atom. The lowest BCUT2D eigenvalue weighted by atomic mass is 9.84. The van der Waals surface area contributed by atoms with Crippen molar-refractivity contribution in [1.82, 2.24) is 5.32 Å². The Balaban J connectivity index is 1.88. The molecule has 1 N–H and O–H groups in total. The molecule has 19 heavy (non-hydrogen) atoms. The average molecular weight is 277 g/mol. The van der Waals surface area contributed by atoms with Gasteiger partial charge < -0.3 is 5.32 Å². The predicted octanol–water partition coefficient (Wildman–Crippen LogP) is 4.54. The van der Waals surface area contributed by atoms with Gasteiger partial charge in [-0.3, -0.25) is 0 Å². The van der Waals surface area contributed by atoms with Crippen molar-refractivity contribution in [2.75, 3.05) is 12.3 Å². The Labute approximate surface area is 122 Å². The molecule has 1 aromatic rings. The summed E-state index contributed by atoms with van der Waals surface area (Å²) in [7, 11) is 0. The summed E-state index contributed by atoms with van der Waals surface area (Å²) in [6, 6.07) is 9.54. The molecule has 3 unspecified atom stereocenters. The highest BCUT2D eigenvalue weighted by Gasteiger charge is 2.26. The minimum Gasteiger partial charge on any atom is -0.314 e. The van der Waals surface area contributed by atoms with Gasteiger partial charge in [-0.1, -0.05) is 45.9 Å². The smallest absolute Gasteiger partial charge is 0.0107 e. The normalized spacial score (nSPS) is 21.4. The summed E-state index contributed by atoms with van der Waals surface area (Å²) in [5.74, 6) is 3.56. The predicted molar refractivity (Wildman–Crippen MR) is 86.0 cm³/mol. The maximum atomic E-state index is 3.56. The van der Waals surface area contributed by atoms with Gasteiger partial charge in [0.2, 0.25) is 0 Å². The molecule has 1 aliphatic rings. The van der Waals surface area contributed by atoms with E-state index in [0.717, 1.165) is 24.3 Å². The first-order valence-corrected chi connectivity index (χ1v) is 8.51. The second-order valence-corrected chi connectivity index (χ2v) is 7.36. The van der Waals surface area contributed by atoms with Crippen LogP contribution in [-0.4, -0.2) is 18.3 Å². The molecule has 0 saturated heterocycles. The highest BCUT2D eigenvalue weighted by atomic mass is 32.2. The molecule has 2 heteroatoms. The summed E-state index contributed by atoms with van der Waals surface area (Å²) in [6.45, 7) is 10.4. The summed E-state index contributed by atoms with van der Waals surface area (Å²) in [4.78, 5) is 1.51. The Morgan fingerprint density at radius 3 is 2.63 bits per heavy atom. The van der Waals surface area contributed by atoms with Crippen molar-refractivity contribution in [3.8, 4) is 0 Å². The Hall–Kier alpha value is -0.470. The first-order valence-electron chi connectivity index (χ1n) is 7.53. The fourth-order valence-corrected chi connectivity index (χ4v) is 4.00. The molecule has 3 atom stereocenters. The third-order valence-corrected chi connectivity index (χ3v) is 5.53. The maximum Gasteiger partial charge on any atom is 0.0107 e. The molecule has 2 rings (SSSR count). The molecule has 1 heterocycles. The topological polar surface area (TPSA) is 12.0 Å². The molecule has 106 valence electrons. The SMILES string of the molecule is CC(C)NCC(C)C(C)CC1CSc2ccccc21. The second-order valence-electron chi connectivity index (χ2n) is 6.30. The van der Waals surface area contributed by atoms with Crippen molar-refractivity contribution >= 4 is 11.8 Å². The van der Waals surface area contributed by atoms with Crippen LogP contribution in [0.25, 0.3) is 0 Å². The van der Waals surface area contributed by atoms with Crippen molar-refractivity contribution in [1.29, 1.82) is 0 Å². The van der Waals surface area contributed by atoms with Gasteiger partial charge in [-0.2, -0.15) is 0 Å². The van der Waals surface area contributed by atoms with E-state index in [-0.39, 0.29) is 0 Å². The fourth-order valence-electron chi connectivity index (χ4n) is 2.73. The van der Waals surface area contributed by atoms with Gasteiger partial charge in [-0.25, -0.2) is 0 Å². The summed E-state index contributed by atoms with van der Waals surface area (Å²) < 4.78 is 0. The van der Waals surface area contributed by atoms with Crippen LogP contribution in [0.1, 0.15) is 45.6 Å². The van der Waals surface area contributed by atoms with Crippen LogP contribution in [0.15, 0.2) is 29.2 Å². The monoisotopic (exact) mass is 277 g/mol. The largest absolute Gasteiger partial charge is 0.314 e. The molecular formula is C17H27NS. The minimum atomic E-state index is 0.595. The zero-order valence-electron chi connectivity index (χ0n) is 12.6. The van der Waals surface area contributed by atoms with Gasteiger partial charge in [-0.15, -0.1) is 11.8 Å². The van der Waals surface area contributed by atoms with Crippen LogP contribution in [0, 0.1) is 11.8 Å². The molecule has 0 radical (unpaired) electrons. The van der Waals surface area contributed by atoms with Gasteiger partial charge in [0, 0.05) is 16.7 Å². The van der Waals surface area contributed by atoms with Gasteiger partial charge in [0.05, 0.1) is 0 Å². The van der Waals surface area contributed by atoms with Crippen molar-refractivity contribution in [3.05, 3.63) is 29.8 Å². The van der Waals surface area contributed by atoms with E-state index in [0.29, 0.717) is 6.04 Å². The van der Waals surface area contributed by atoms with Gasteiger partial charge in [0.1, 0.15) is 0 Å². The molecule has 1 nitrogen and oxygen atoms in total. The van der Waals surface area contributed by atoms with E-state index in [1.54, 1.807) is 5.56 Å². The van der Waals surface area contributed by atoms with Gasteiger partial charge in [0.15, 0.2) is 0 Å². The zero-order chi connectivity index (χ0) is 13.8. The first-order chi connectivity index (χ1) is 9.08. The lowest BCUT2D eigenvalue weighted by molar-refractivity contribution is 0.324. The van der Waals surface area contributed by atoms with Crippen molar-refractivity contribution < 1.29 is 0 Å². The van der Waals surface area contributed by atoms with E-state index in [1.807, 2.05) is 11.8 Å². The Kier molecular flexibility index (Phi) is 5.35. The third kappa shape index (κ3) is 4.00. The minimum absolute atomic E-state index is 0.595.